The van der Waals surface area contributed by atoms with Crippen molar-refractivity contribution in [1.82, 2.24) is 20.0 Å². The van der Waals surface area contributed by atoms with E-state index in [0.717, 1.165) is 11.1 Å². The van der Waals surface area contributed by atoms with Crippen LogP contribution in [0.5, 0.6) is 0 Å². The zero-order valence-corrected chi connectivity index (χ0v) is 16.7. The van der Waals surface area contributed by atoms with Gasteiger partial charge < -0.3 is 10.2 Å². The number of carbonyl (C=O) groups is 2. The summed E-state index contributed by atoms with van der Waals surface area (Å²) in [5.74, 6) is -1.08. The molecule has 7 heteroatoms. The van der Waals surface area contributed by atoms with Crippen molar-refractivity contribution >= 4 is 11.8 Å². The number of carbonyl (C=O) groups excluding carboxylic acids is 2. The lowest BCUT2D eigenvalue weighted by atomic mass is 9.95. The molecule has 30 heavy (non-hydrogen) atoms. The number of nitrogens with zero attached hydrogens (tertiary/aromatic N) is 3. The molecule has 1 aliphatic rings. The molecule has 2 amide bonds. The molecule has 4 rings (SSSR count). The van der Waals surface area contributed by atoms with Crippen molar-refractivity contribution in [1.29, 1.82) is 0 Å². The van der Waals surface area contributed by atoms with Crippen LogP contribution in [0.15, 0.2) is 60.8 Å². The van der Waals surface area contributed by atoms with E-state index >= 15 is 0 Å². The van der Waals surface area contributed by atoms with Gasteiger partial charge in [0, 0.05) is 44.0 Å². The van der Waals surface area contributed by atoms with E-state index in [1.165, 1.54) is 12.1 Å². The minimum absolute atomic E-state index is 0.103. The molecule has 154 valence electrons. The maximum atomic E-state index is 13.0. The van der Waals surface area contributed by atoms with Crippen molar-refractivity contribution in [2.45, 2.75) is 18.9 Å². The van der Waals surface area contributed by atoms with Gasteiger partial charge in [0.1, 0.15) is 5.82 Å². The van der Waals surface area contributed by atoms with Crippen molar-refractivity contribution in [3.05, 3.63) is 89.0 Å². The van der Waals surface area contributed by atoms with E-state index in [-0.39, 0.29) is 24.2 Å². The quantitative estimate of drug-likeness (QED) is 0.708. The summed E-state index contributed by atoms with van der Waals surface area (Å²) in [5, 5.41) is 7.42. The summed E-state index contributed by atoms with van der Waals surface area (Å²) in [7, 11) is 1.81. The van der Waals surface area contributed by atoms with Gasteiger partial charge >= 0.3 is 0 Å². The largest absolute Gasteiger partial charge is 0.355 e. The smallest absolute Gasteiger partial charge is 0.254 e. The van der Waals surface area contributed by atoms with Crippen LogP contribution in [0.2, 0.25) is 0 Å². The second-order valence-electron chi connectivity index (χ2n) is 7.49. The molecule has 3 aromatic rings. The number of hydrogen-bond donors (Lipinski definition) is 1. The minimum Gasteiger partial charge on any atom is -0.355 e. The van der Waals surface area contributed by atoms with Crippen LogP contribution in [-0.4, -0.2) is 39.6 Å². The molecule has 2 aromatic carbocycles. The molecule has 0 unspecified atom stereocenters. The maximum Gasteiger partial charge on any atom is 0.254 e. The number of nitrogens with one attached hydrogen (secondary N) is 1. The number of fused-ring (bicyclic) bond motifs is 1. The van der Waals surface area contributed by atoms with Crippen LogP contribution >= 0.6 is 0 Å². The lowest BCUT2D eigenvalue weighted by molar-refractivity contribution is -0.123. The summed E-state index contributed by atoms with van der Waals surface area (Å²) in [6.07, 6.45) is 2.46. The van der Waals surface area contributed by atoms with Crippen molar-refractivity contribution in [3.8, 4) is 0 Å². The van der Waals surface area contributed by atoms with E-state index in [1.807, 2.05) is 31.4 Å². The standard InChI is InChI=1S/C23H23FN4O2/c1-27-13-18-14-28(23(30)17-5-3-2-4-6-17)15-20(21(18)26-27)22(29)25-12-11-16-7-9-19(24)10-8-16/h2-10,13,20H,11-12,14-15H2,1H3,(H,25,29)/t20-/m1/s1. The van der Waals surface area contributed by atoms with Crippen LogP contribution in [0, 0.1) is 5.82 Å². The molecule has 0 radical (unpaired) electrons. The Labute approximate surface area is 174 Å². The zero-order chi connectivity index (χ0) is 21.1. The van der Waals surface area contributed by atoms with E-state index in [0.29, 0.717) is 30.8 Å². The highest BCUT2D eigenvalue weighted by Gasteiger charge is 2.35. The van der Waals surface area contributed by atoms with Crippen LogP contribution in [0.4, 0.5) is 4.39 Å². The first-order valence-electron chi connectivity index (χ1n) is 9.90. The normalized spacial score (nSPS) is 15.5. The molecule has 0 spiro atoms. The van der Waals surface area contributed by atoms with E-state index < -0.39 is 5.92 Å². The fourth-order valence-corrected chi connectivity index (χ4v) is 3.78. The topological polar surface area (TPSA) is 67.2 Å². The Morgan fingerprint density at radius 2 is 1.87 bits per heavy atom. The zero-order valence-electron chi connectivity index (χ0n) is 16.7. The summed E-state index contributed by atoms with van der Waals surface area (Å²) in [5.41, 5.74) is 3.14. The van der Waals surface area contributed by atoms with Crippen molar-refractivity contribution in [2.75, 3.05) is 13.1 Å². The van der Waals surface area contributed by atoms with Crippen LogP contribution in [0.3, 0.4) is 0 Å². The summed E-state index contributed by atoms with van der Waals surface area (Å²) < 4.78 is 14.7. The second kappa shape index (κ2) is 8.49. The summed E-state index contributed by atoms with van der Waals surface area (Å²) >= 11 is 0. The number of hydrogen-bond acceptors (Lipinski definition) is 3. The number of halogens is 1. The molecule has 1 atom stereocenters. The van der Waals surface area contributed by atoms with Gasteiger partial charge in [-0.3, -0.25) is 14.3 Å². The Morgan fingerprint density at radius 3 is 2.60 bits per heavy atom. The summed E-state index contributed by atoms with van der Waals surface area (Å²) in [6, 6.07) is 15.3. The first kappa shape index (κ1) is 19.8. The molecule has 2 heterocycles. The van der Waals surface area contributed by atoms with Crippen molar-refractivity contribution < 1.29 is 14.0 Å². The van der Waals surface area contributed by atoms with Crippen molar-refractivity contribution in [3.63, 3.8) is 0 Å². The van der Waals surface area contributed by atoms with Gasteiger partial charge in [-0.15, -0.1) is 0 Å². The highest BCUT2D eigenvalue weighted by atomic mass is 19.1. The first-order chi connectivity index (χ1) is 14.5. The molecule has 0 saturated heterocycles. The Bertz CT molecular complexity index is 1050. The number of aromatic nitrogens is 2. The molecule has 0 fully saturated rings. The fraction of sp³-hybridized carbons (Fsp3) is 0.261. The Kier molecular flexibility index (Phi) is 5.61. The molecule has 1 aromatic heterocycles. The number of rotatable bonds is 5. The molecular formula is C23H23FN4O2. The van der Waals surface area contributed by atoms with Crippen LogP contribution in [0.1, 0.15) is 33.1 Å². The third kappa shape index (κ3) is 4.25. The van der Waals surface area contributed by atoms with Crippen LogP contribution in [0.25, 0.3) is 0 Å². The Balaban J connectivity index is 1.47. The number of benzene rings is 2. The predicted molar refractivity (Wildman–Crippen MR) is 110 cm³/mol. The number of amides is 2. The van der Waals surface area contributed by atoms with Gasteiger partial charge in [-0.25, -0.2) is 4.39 Å². The Morgan fingerprint density at radius 1 is 1.13 bits per heavy atom. The van der Waals surface area contributed by atoms with Crippen molar-refractivity contribution in [2.24, 2.45) is 7.05 Å². The van der Waals surface area contributed by atoms with Gasteiger partial charge in [-0.1, -0.05) is 30.3 Å². The van der Waals surface area contributed by atoms with Gasteiger partial charge in [0.05, 0.1) is 11.6 Å². The van der Waals surface area contributed by atoms with Gasteiger partial charge in [-0.05, 0) is 36.2 Å². The van der Waals surface area contributed by atoms with E-state index in [9.17, 15) is 14.0 Å². The van der Waals surface area contributed by atoms with E-state index in [2.05, 4.69) is 10.4 Å². The predicted octanol–water partition coefficient (Wildman–Crippen LogP) is 2.66. The van der Waals surface area contributed by atoms with Gasteiger partial charge in [0.15, 0.2) is 0 Å². The summed E-state index contributed by atoms with van der Waals surface area (Å²) in [4.78, 5) is 27.6. The number of aryl methyl sites for hydroxylation is 1. The molecule has 1 aliphatic heterocycles. The van der Waals surface area contributed by atoms with E-state index in [1.54, 1.807) is 33.8 Å². The molecule has 0 aliphatic carbocycles. The SMILES string of the molecule is Cn1cc2c(n1)[C@H](C(=O)NCCc1ccc(F)cc1)CN(C(=O)c1ccccc1)C2. The maximum absolute atomic E-state index is 13.0. The van der Waals surface area contributed by atoms with Gasteiger partial charge in [-0.2, -0.15) is 5.10 Å². The average Bonchev–Trinajstić information content (AvgIpc) is 3.14. The molecule has 6 nitrogen and oxygen atoms in total. The third-order valence-corrected chi connectivity index (χ3v) is 5.28. The third-order valence-electron chi connectivity index (χ3n) is 5.28. The minimum atomic E-state index is -0.532. The average molecular weight is 406 g/mol. The van der Waals surface area contributed by atoms with Gasteiger partial charge in [0.25, 0.3) is 5.91 Å². The van der Waals surface area contributed by atoms with Crippen LogP contribution in [-0.2, 0) is 24.8 Å². The highest BCUT2D eigenvalue weighted by Crippen LogP contribution is 2.28. The lowest BCUT2D eigenvalue weighted by Gasteiger charge is -2.31. The monoisotopic (exact) mass is 406 g/mol. The fourth-order valence-electron chi connectivity index (χ4n) is 3.78. The second-order valence-corrected chi connectivity index (χ2v) is 7.49. The first-order valence-corrected chi connectivity index (χ1v) is 9.90. The molecule has 0 bridgehead atoms. The lowest BCUT2D eigenvalue weighted by Crippen LogP contribution is -2.44. The highest BCUT2D eigenvalue weighted by molar-refractivity contribution is 5.95. The molecule has 0 saturated carbocycles. The Hall–Kier alpha value is -3.48. The van der Waals surface area contributed by atoms with Gasteiger partial charge in [0.2, 0.25) is 5.91 Å². The molecule has 1 N–H and O–H groups in total. The molecular weight excluding hydrogens is 383 g/mol. The summed E-state index contributed by atoms with van der Waals surface area (Å²) in [6.45, 7) is 1.13. The van der Waals surface area contributed by atoms with E-state index in [4.69, 9.17) is 0 Å². The van der Waals surface area contributed by atoms with Crippen LogP contribution < -0.4 is 5.32 Å².